The molecule has 0 bridgehead atoms. The maximum Gasteiger partial charge on any atom is 0.251 e. The lowest BCUT2D eigenvalue weighted by atomic mass is 10.0. The van der Waals surface area contributed by atoms with E-state index in [1.807, 2.05) is 0 Å². The van der Waals surface area contributed by atoms with Crippen LogP contribution in [-0.4, -0.2) is 36.6 Å². The van der Waals surface area contributed by atoms with Crippen LogP contribution in [0, 0.1) is 5.92 Å². The Bertz CT molecular complexity index is 507. The van der Waals surface area contributed by atoms with Gasteiger partial charge in [0.2, 0.25) is 0 Å². The van der Waals surface area contributed by atoms with Gasteiger partial charge in [-0.3, -0.25) is 9.59 Å². The summed E-state index contributed by atoms with van der Waals surface area (Å²) in [6.07, 6.45) is 2.07. The summed E-state index contributed by atoms with van der Waals surface area (Å²) in [6, 6.07) is 4.34. The molecule has 108 valence electrons. The Balaban J connectivity index is 1.95. The van der Waals surface area contributed by atoms with Crippen LogP contribution >= 0.6 is 0 Å². The minimum atomic E-state index is -0.249. The van der Waals surface area contributed by atoms with Crippen LogP contribution in [0.2, 0.25) is 0 Å². The third-order valence-corrected chi connectivity index (χ3v) is 3.45. The predicted molar refractivity (Wildman–Crippen MR) is 74.0 cm³/mol. The number of phenols is 1. The topological polar surface area (TPSA) is 75.6 Å². The van der Waals surface area contributed by atoms with Crippen molar-refractivity contribution in [3.8, 4) is 5.75 Å². The average molecular weight is 277 g/mol. The standard InChI is InChI=1S/C15H19NO4/c1-10(17)13-5-4-12(7-14(13)18)15(19)16-8-11-3-2-6-20-9-11/h4-5,7,11,18H,2-3,6,8-9H2,1H3,(H,16,19)/t11-/m0/s1. The molecule has 1 aliphatic heterocycles. The lowest BCUT2D eigenvalue weighted by molar-refractivity contribution is 0.0536. The smallest absolute Gasteiger partial charge is 0.251 e. The van der Waals surface area contributed by atoms with Gasteiger partial charge in [0.1, 0.15) is 5.75 Å². The Morgan fingerprint density at radius 3 is 2.85 bits per heavy atom. The van der Waals surface area contributed by atoms with E-state index in [1.54, 1.807) is 6.07 Å². The zero-order chi connectivity index (χ0) is 14.5. The highest BCUT2D eigenvalue weighted by atomic mass is 16.5. The Labute approximate surface area is 117 Å². The molecule has 0 aromatic heterocycles. The second kappa shape index (κ2) is 6.52. The van der Waals surface area contributed by atoms with Gasteiger partial charge in [0.15, 0.2) is 5.78 Å². The number of rotatable bonds is 4. The predicted octanol–water partition coefficient (Wildman–Crippen LogP) is 1.75. The highest BCUT2D eigenvalue weighted by Gasteiger charge is 2.16. The molecule has 2 rings (SSSR count). The molecule has 5 nitrogen and oxygen atoms in total. The lowest BCUT2D eigenvalue weighted by Gasteiger charge is -2.22. The van der Waals surface area contributed by atoms with Crippen molar-refractivity contribution in [3.05, 3.63) is 29.3 Å². The zero-order valence-electron chi connectivity index (χ0n) is 11.5. The number of hydrogen-bond donors (Lipinski definition) is 2. The molecule has 0 spiro atoms. The van der Waals surface area contributed by atoms with E-state index in [1.165, 1.54) is 19.1 Å². The highest BCUT2D eigenvalue weighted by molar-refractivity contribution is 6.00. The van der Waals surface area contributed by atoms with Crippen LogP contribution in [0.15, 0.2) is 18.2 Å². The summed E-state index contributed by atoms with van der Waals surface area (Å²) in [5.41, 5.74) is 0.575. The van der Waals surface area contributed by atoms with E-state index < -0.39 is 0 Å². The van der Waals surface area contributed by atoms with E-state index in [-0.39, 0.29) is 23.0 Å². The van der Waals surface area contributed by atoms with Gasteiger partial charge in [-0.15, -0.1) is 0 Å². The van der Waals surface area contributed by atoms with Crippen molar-refractivity contribution in [1.82, 2.24) is 5.32 Å². The molecule has 1 fully saturated rings. The fraction of sp³-hybridized carbons (Fsp3) is 0.467. The maximum absolute atomic E-state index is 12.0. The molecule has 1 aliphatic rings. The van der Waals surface area contributed by atoms with Crippen molar-refractivity contribution in [1.29, 1.82) is 0 Å². The van der Waals surface area contributed by atoms with Crippen LogP contribution in [-0.2, 0) is 4.74 Å². The van der Waals surface area contributed by atoms with Gasteiger partial charge in [-0.2, -0.15) is 0 Å². The number of phenolic OH excluding ortho intramolecular Hbond substituents is 1. The molecule has 20 heavy (non-hydrogen) atoms. The minimum Gasteiger partial charge on any atom is -0.507 e. The molecular weight excluding hydrogens is 258 g/mol. The van der Waals surface area contributed by atoms with Gasteiger partial charge >= 0.3 is 0 Å². The molecule has 1 atom stereocenters. The van der Waals surface area contributed by atoms with Crippen molar-refractivity contribution < 1.29 is 19.4 Å². The van der Waals surface area contributed by atoms with Crippen LogP contribution in [0.25, 0.3) is 0 Å². The van der Waals surface area contributed by atoms with Gasteiger partial charge in [-0.05, 0) is 43.9 Å². The maximum atomic E-state index is 12.0. The fourth-order valence-electron chi connectivity index (χ4n) is 2.28. The van der Waals surface area contributed by atoms with E-state index in [0.717, 1.165) is 19.4 Å². The second-order valence-electron chi connectivity index (χ2n) is 5.08. The number of hydrogen-bond acceptors (Lipinski definition) is 4. The highest BCUT2D eigenvalue weighted by Crippen LogP contribution is 2.19. The largest absolute Gasteiger partial charge is 0.507 e. The fourth-order valence-corrected chi connectivity index (χ4v) is 2.28. The number of ketones is 1. The van der Waals surface area contributed by atoms with Crippen LogP contribution in [0.1, 0.15) is 40.5 Å². The first kappa shape index (κ1) is 14.5. The summed E-state index contributed by atoms with van der Waals surface area (Å²) in [7, 11) is 0. The quantitative estimate of drug-likeness (QED) is 0.822. The first-order valence-electron chi connectivity index (χ1n) is 6.78. The molecule has 1 heterocycles. The van der Waals surface area contributed by atoms with Crippen LogP contribution < -0.4 is 5.32 Å². The van der Waals surface area contributed by atoms with Gasteiger partial charge in [0, 0.05) is 18.7 Å². The minimum absolute atomic E-state index is 0.161. The number of amides is 1. The molecule has 0 unspecified atom stereocenters. The van der Waals surface area contributed by atoms with Crippen LogP contribution in [0.4, 0.5) is 0 Å². The Morgan fingerprint density at radius 1 is 1.45 bits per heavy atom. The Morgan fingerprint density at radius 2 is 2.25 bits per heavy atom. The lowest BCUT2D eigenvalue weighted by Crippen LogP contribution is -2.33. The zero-order valence-corrected chi connectivity index (χ0v) is 11.5. The van der Waals surface area contributed by atoms with Gasteiger partial charge in [-0.1, -0.05) is 0 Å². The molecule has 1 aromatic rings. The van der Waals surface area contributed by atoms with Crippen LogP contribution in [0.3, 0.4) is 0 Å². The summed E-state index contributed by atoms with van der Waals surface area (Å²) in [6.45, 7) is 3.41. The number of aromatic hydroxyl groups is 1. The van der Waals surface area contributed by atoms with Gasteiger partial charge in [0.05, 0.1) is 12.2 Å². The molecule has 0 aliphatic carbocycles. The van der Waals surface area contributed by atoms with E-state index in [0.29, 0.717) is 24.6 Å². The normalized spacial score (nSPS) is 18.6. The summed E-state index contributed by atoms with van der Waals surface area (Å²) in [5.74, 6) is -0.293. The average Bonchev–Trinajstić information content (AvgIpc) is 2.45. The molecule has 1 amide bonds. The molecule has 0 saturated carbocycles. The molecule has 0 radical (unpaired) electrons. The van der Waals surface area contributed by atoms with E-state index in [4.69, 9.17) is 4.74 Å². The number of nitrogens with one attached hydrogen (secondary N) is 1. The van der Waals surface area contributed by atoms with Crippen LogP contribution in [0.5, 0.6) is 5.75 Å². The van der Waals surface area contributed by atoms with Crippen molar-refractivity contribution in [3.63, 3.8) is 0 Å². The van der Waals surface area contributed by atoms with Gasteiger partial charge in [-0.25, -0.2) is 0 Å². The Hall–Kier alpha value is -1.88. The number of Topliss-reactive ketones (excluding diaryl/α,β-unsaturated/α-hetero) is 1. The summed E-state index contributed by atoms with van der Waals surface area (Å²) < 4.78 is 5.35. The second-order valence-corrected chi connectivity index (χ2v) is 5.08. The number of carbonyl (C=O) groups excluding carboxylic acids is 2. The van der Waals surface area contributed by atoms with Crippen molar-refractivity contribution in [2.24, 2.45) is 5.92 Å². The number of benzene rings is 1. The Kier molecular flexibility index (Phi) is 4.74. The molecule has 5 heteroatoms. The SMILES string of the molecule is CC(=O)c1ccc(C(=O)NC[C@@H]2CCCOC2)cc1O. The van der Waals surface area contributed by atoms with Crippen molar-refractivity contribution in [2.45, 2.75) is 19.8 Å². The van der Waals surface area contributed by atoms with E-state index in [9.17, 15) is 14.7 Å². The van der Waals surface area contributed by atoms with Gasteiger partial charge in [0.25, 0.3) is 5.91 Å². The summed E-state index contributed by atoms with van der Waals surface area (Å²) >= 11 is 0. The summed E-state index contributed by atoms with van der Waals surface area (Å²) in [4.78, 5) is 23.2. The third kappa shape index (κ3) is 3.57. The number of ether oxygens (including phenoxy) is 1. The molecular formula is C15H19NO4. The molecule has 2 N–H and O–H groups in total. The van der Waals surface area contributed by atoms with Crippen molar-refractivity contribution in [2.75, 3.05) is 19.8 Å². The van der Waals surface area contributed by atoms with E-state index in [2.05, 4.69) is 5.32 Å². The van der Waals surface area contributed by atoms with Gasteiger partial charge < -0.3 is 15.2 Å². The first-order valence-corrected chi connectivity index (χ1v) is 6.78. The monoisotopic (exact) mass is 277 g/mol. The third-order valence-electron chi connectivity index (χ3n) is 3.45. The van der Waals surface area contributed by atoms with Crippen molar-refractivity contribution >= 4 is 11.7 Å². The summed E-state index contributed by atoms with van der Waals surface area (Å²) in [5, 5.41) is 12.5. The number of carbonyl (C=O) groups is 2. The van der Waals surface area contributed by atoms with E-state index >= 15 is 0 Å². The molecule has 1 saturated heterocycles. The first-order chi connectivity index (χ1) is 9.58. The molecule has 1 aromatic carbocycles.